The molecule has 28 valence electrons. The van der Waals surface area contributed by atoms with E-state index in [0.29, 0.717) is 0 Å². The fourth-order valence-corrected chi connectivity index (χ4v) is 0. The molecule has 2 heteroatoms. The van der Waals surface area contributed by atoms with Gasteiger partial charge in [0.25, 0.3) is 0 Å². The van der Waals surface area contributed by atoms with E-state index >= 15 is 0 Å². The summed E-state index contributed by atoms with van der Waals surface area (Å²) in [6.07, 6.45) is 1.10. The van der Waals surface area contributed by atoms with Crippen molar-refractivity contribution in [3.8, 4) is 0 Å². The van der Waals surface area contributed by atoms with Crippen LogP contribution in [-0.4, -0.2) is 6.54 Å². The monoisotopic (exact) mass is 123 g/mol. The van der Waals surface area contributed by atoms with Gasteiger partial charge >= 0.3 is 0 Å². The average Bonchev–Trinajstić information content (AvgIpc) is 1.37. The molecule has 0 aliphatic carbocycles. The van der Waals surface area contributed by atoms with Gasteiger partial charge in [0.15, 0.2) is 0 Å². The minimum Gasteiger partial charge on any atom is -0.330 e. The smallest absolute Gasteiger partial charge is 0 e. The van der Waals surface area contributed by atoms with Crippen molar-refractivity contribution in [1.82, 2.24) is 0 Å². The zero-order valence-corrected chi connectivity index (χ0v) is 6.67. The second-order valence-electron chi connectivity index (χ2n) is 0.789. The summed E-state index contributed by atoms with van der Waals surface area (Å²) in [5, 5.41) is 0. The maximum Gasteiger partial charge on any atom is 0 e. The first-order valence-electron chi connectivity index (χ1n) is 1.62. The maximum absolute atomic E-state index is 5.03. The van der Waals surface area contributed by atoms with Gasteiger partial charge in [0.1, 0.15) is 0 Å². The van der Waals surface area contributed by atoms with Crippen LogP contribution in [0.4, 0.5) is 0 Å². The van der Waals surface area contributed by atoms with Crippen molar-refractivity contribution in [1.29, 1.82) is 0 Å². The molecule has 0 radical (unpaired) electrons. The Balaban J connectivity index is 0. The fourth-order valence-electron chi connectivity index (χ4n) is 0. The fraction of sp³-hybridized carbons (Fsp3) is 1.00. The molecule has 0 atom stereocenters. The standard InChI is InChI=1S/C3H9N.Zn/c1-2-3-4;/h2-4H2,1H3;. The Morgan fingerprint density at radius 1 is 1.60 bits per heavy atom. The van der Waals surface area contributed by atoms with Gasteiger partial charge in [0.2, 0.25) is 0 Å². The largest absolute Gasteiger partial charge is 0.330 e. The Bertz CT molecular complexity index is 8.85. The molecule has 0 saturated heterocycles. The van der Waals surface area contributed by atoms with E-state index in [1.807, 2.05) is 0 Å². The first-order valence-corrected chi connectivity index (χ1v) is 1.62. The molecule has 0 heterocycles. The topological polar surface area (TPSA) is 26.0 Å². The van der Waals surface area contributed by atoms with Crippen molar-refractivity contribution in [3.63, 3.8) is 0 Å². The summed E-state index contributed by atoms with van der Waals surface area (Å²) >= 11 is 0. The van der Waals surface area contributed by atoms with E-state index in [1.165, 1.54) is 0 Å². The molecular weight excluding hydrogens is 115 g/mol. The van der Waals surface area contributed by atoms with Crippen LogP contribution in [-0.2, 0) is 19.5 Å². The molecule has 0 fully saturated rings. The van der Waals surface area contributed by atoms with Gasteiger partial charge in [0, 0.05) is 19.5 Å². The summed E-state index contributed by atoms with van der Waals surface area (Å²) in [6, 6.07) is 0. The van der Waals surface area contributed by atoms with Gasteiger partial charge in [-0.3, -0.25) is 0 Å². The van der Waals surface area contributed by atoms with Gasteiger partial charge in [-0.1, -0.05) is 6.92 Å². The molecule has 0 aromatic rings. The molecule has 0 bridgehead atoms. The number of hydrogen-bond acceptors (Lipinski definition) is 1. The van der Waals surface area contributed by atoms with E-state index in [-0.39, 0.29) is 19.5 Å². The zero-order valence-electron chi connectivity index (χ0n) is 3.70. The third kappa shape index (κ3) is 12.2. The van der Waals surface area contributed by atoms with Gasteiger partial charge < -0.3 is 5.73 Å². The predicted octanol–water partition coefficient (Wildman–Crippen LogP) is 0.353. The maximum atomic E-state index is 5.03. The molecule has 2 N–H and O–H groups in total. The predicted molar refractivity (Wildman–Crippen MR) is 19.3 cm³/mol. The molecule has 0 unspecified atom stereocenters. The summed E-state index contributed by atoms with van der Waals surface area (Å²) in [7, 11) is 0. The molecule has 0 rings (SSSR count). The molecule has 0 aromatic heterocycles. The summed E-state index contributed by atoms with van der Waals surface area (Å²) in [4.78, 5) is 0. The Hall–Kier alpha value is 0.583. The zero-order chi connectivity index (χ0) is 3.41. The Morgan fingerprint density at radius 2 is 1.80 bits per heavy atom. The van der Waals surface area contributed by atoms with E-state index < -0.39 is 0 Å². The molecule has 0 aliphatic rings. The van der Waals surface area contributed by atoms with Crippen molar-refractivity contribution >= 4 is 0 Å². The van der Waals surface area contributed by atoms with Gasteiger partial charge in [0.05, 0.1) is 0 Å². The van der Waals surface area contributed by atoms with Crippen molar-refractivity contribution in [2.45, 2.75) is 13.3 Å². The van der Waals surface area contributed by atoms with E-state index in [0.717, 1.165) is 13.0 Å². The van der Waals surface area contributed by atoms with E-state index in [1.54, 1.807) is 0 Å². The van der Waals surface area contributed by atoms with Crippen LogP contribution in [0.1, 0.15) is 13.3 Å². The van der Waals surface area contributed by atoms with Crippen molar-refractivity contribution < 1.29 is 19.5 Å². The molecule has 0 aliphatic heterocycles. The van der Waals surface area contributed by atoms with E-state index in [9.17, 15) is 0 Å². The summed E-state index contributed by atoms with van der Waals surface area (Å²) in [5.74, 6) is 0. The summed E-state index contributed by atoms with van der Waals surface area (Å²) < 4.78 is 0. The van der Waals surface area contributed by atoms with Crippen molar-refractivity contribution in [2.75, 3.05) is 6.54 Å². The van der Waals surface area contributed by atoms with Crippen LogP contribution in [0.25, 0.3) is 0 Å². The average molecular weight is 125 g/mol. The van der Waals surface area contributed by atoms with Gasteiger partial charge in [-0.05, 0) is 13.0 Å². The van der Waals surface area contributed by atoms with Gasteiger partial charge in [-0.2, -0.15) is 0 Å². The van der Waals surface area contributed by atoms with Crippen LogP contribution < -0.4 is 5.73 Å². The number of nitrogens with two attached hydrogens (primary N) is 1. The third-order valence-corrected chi connectivity index (χ3v) is 0.289. The first kappa shape index (κ1) is 9.13. The second-order valence-corrected chi connectivity index (χ2v) is 0.789. The molecule has 5 heavy (non-hydrogen) atoms. The minimum atomic E-state index is 0. The molecule has 0 aromatic carbocycles. The Morgan fingerprint density at radius 3 is 1.80 bits per heavy atom. The molecule has 0 spiro atoms. The molecular formula is C3H9NZn. The van der Waals surface area contributed by atoms with Crippen LogP contribution >= 0.6 is 0 Å². The van der Waals surface area contributed by atoms with E-state index in [4.69, 9.17) is 5.73 Å². The first-order chi connectivity index (χ1) is 1.91. The third-order valence-electron chi connectivity index (χ3n) is 0.289. The van der Waals surface area contributed by atoms with Crippen LogP contribution in [0, 0.1) is 0 Å². The van der Waals surface area contributed by atoms with Gasteiger partial charge in [-0.15, -0.1) is 0 Å². The van der Waals surface area contributed by atoms with Crippen LogP contribution in [0.15, 0.2) is 0 Å². The van der Waals surface area contributed by atoms with Gasteiger partial charge in [-0.25, -0.2) is 0 Å². The quantitative estimate of drug-likeness (QED) is 0.502. The van der Waals surface area contributed by atoms with Crippen molar-refractivity contribution in [3.05, 3.63) is 0 Å². The Kier molecular flexibility index (Phi) is 16.1. The van der Waals surface area contributed by atoms with Crippen LogP contribution in [0.3, 0.4) is 0 Å². The summed E-state index contributed by atoms with van der Waals surface area (Å²) in [6.45, 7) is 2.88. The van der Waals surface area contributed by atoms with E-state index in [2.05, 4.69) is 6.92 Å². The van der Waals surface area contributed by atoms with Crippen LogP contribution in [0.5, 0.6) is 0 Å². The molecule has 0 saturated carbocycles. The van der Waals surface area contributed by atoms with Crippen molar-refractivity contribution in [2.24, 2.45) is 5.73 Å². The molecule has 1 nitrogen and oxygen atoms in total. The normalized spacial score (nSPS) is 6.00. The number of rotatable bonds is 1. The minimum absolute atomic E-state index is 0. The SMILES string of the molecule is CCCN.[Zn]. The summed E-state index contributed by atoms with van der Waals surface area (Å²) in [5.41, 5.74) is 5.03. The molecule has 0 amide bonds. The van der Waals surface area contributed by atoms with Crippen LogP contribution in [0.2, 0.25) is 0 Å². The Labute approximate surface area is 45.7 Å². The number of hydrogen-bond donors (Lipinski definition) is 1. The second kappa shape index (κ2) is 8.82.